The summed E-state index contributed by atoms with van der Waals surface area (Å²) in [6, 6.07) is 1.73. The number of nitrogens with zero attached hydrogens (tertiary/aromatic N) is 3. The average Bonchev–Trinajstić information content (AvgIpc) is 2.70. The van der Waals surface area contributed by atoms with E-state index in [1.165, 1.54) is 0 Å². The Morgan fingerprint density at radius 1 is 1.27 bits per heavy atom. The minimum Gasteiger partial charge on any atom is -0.482 e. The van der Waals surface area contributed by atoms with E-state index >= 15 is 0 Å². The first-order valence-corrected chi connectivity index (χ1v) is 4.75. The van der Waals surface area contributed by atoms with Crippen LogP contribution in [0.3, 0.4) is 0 Å². The van der Waals surface area contributed by atoms with E-state index in [1.807, 2.05) is 13.1 Å². The molecule has 0 aromatic carbocycles. The number of rotatable bonds is 3. The van der Waals surface area contributed by atoms with Gasteiger partial charge >= 0.3 is 0 Å². The van der Waals surface area contributed by atoms with Gasteiger partial charge in [0.2, 0.25) is 17.5 Å². The van der Waals surface area contributed by atoms with Gasteiger partial charge in [0.15, 0.2) is 0 Å². The number of aromatic nitrogens is 3. The van der Waals surface area contributed by atoms with Crippen LogP contribution in [0, 0.1) is 0 Å². The van der Waals surface area contributed by atoms with E-state index in [2.05, 4.69) is 9.97 Å². The predicted molar refractivity (Wildman–Crippen MR) is 55.5 cm³/mol. The van der Waals surface area contributed by atoms with Crippen LogP contribution in [0.25, 0.3) is 5.78 Å². The van der Waals surface area contributed by atoms with Crippen molar-refractivity contribution in [3.8, 4) is 11.8 Å². The van der Waals surface area contributed by atoms with E-state index in [1.54, 1.807) is 24.7 Å². The molecule has 15 heavy (non-hydrogen) atoms. The van der Waals surface area contributed by atoms with Crippen molar-refractivity contribution in [1.82, 2.24) is 14.4 Å². The zero-order valence-electron chi connectivity index (χ0n) is 9.02. The summed E-state index contributed by atoms with van der Waals surface area (Å²) in [6.07, 6.45) is 2.79. The van der Waals surface area contributed by atoms with Crippen molar-refractivity contribution < 1.29 is 9.47 Å². The van der Waals surface area contributed by atoms with Gasteiger partial charge in [0, 0.05) is 6.20 Å². The molecule has 0 N–H and O–H groups in total. The quantitative estimate of drug-likeness (QED) is 0.761. The molecule has 0 aliphatic rings. The lowest BCUT2D eigenvalue weighted by molar-refractivity contribution is 0.369. The van der Waals surface area contributed by atoms with Gasteiger partial charge in [0.25, 0.3) is 0 Å². The van der Waals surface area contributed by atoms with Crippen LogP contribution in [0.2, 0.25) is 0 Å². The molecule has 0 bridgehead atoms. The fourth-order valence-electron chi connectivity index (χ4n) is 1.40. The number of ether oxygens (including phenoxy) is 2. The molecule has 5 heteroatoms. The summed E-state index contributed by atoms with van der Waals surface area (Å²) >= 11 is 0. The van der Waals surface area contributed by atoms with E-state index in [0.29, 0.717) is 17.5 Å². The minimum absolute atomic E-state index is 0.507. The number of methoxy groups -OCH3 is 2. The van der Waals surface area contributed by atoms with Gasteiger partial charge in [-0.05, 0) is 6.42 Å². The van der Waals surface area contributed by atoms with Gasteiger partial charge in [-0.15, -0.1) is 0 Å². The van der Waals surface area contributed by atoms with E-state index in [0.717, 1.165) is 12.1 Å². The third-order valence-corrected chi connectivity index (χ3v) is 2.21. The zero-order valence-corrected chi connectivity index (χ0v) is 9.02. The molecule has 0 fully saturated rings. The molecule has 2 rings (SSSR count). The molecule has 0 saturated carbocycles. The maximum absolute atomic E-state index is 5.23. The van der Waals surface area contributed by atoms with Crippen LogP contribution in [0.15, 0.2) is 12.3 Å². The molecule has 0 saturated heterocycles. The SMILES string of the molecule is CCc1cn2c(OC)cc(OC)nc2n1. The van der Waals surface area contributed by atoms with Crippen molar-refractivity contribution in [2.24, 2.45) is 0 Å². The summed E-state index contributed by atoms with van der Waals surface area (Å²) in [5, 5.41) is 0. The van der Waals surface area contributed by atoms with Gasteiger partial charge in [-0.1, -0.05) is 6.92 Å². The molecule has 0 atom stereocenters. The predicted octanol–water partition coefficient (Wildman–Crippen LogP) is 1.31. The smallest absolute Gasteiger partial charge is 0.240 e. The Balaban J connectivity index is 2.66. The number of hydrogen-bond acceptors (Lipinski definition) is 4. The first kappa shape index (κ1) is 9.76. The lowest BCUT2D eigenvalue weighted by atomic mass is 10.4. The van der Waals surface area contributed by atoms with Gasteiger partial charge < -0.3 is 9.47 Å². The van der Waals surface area contributed by atoms with Crippen LogP contribution in [-0.2, 0) is 6.42 Å². The van der Waals surface area contributed by atoms with E-state index in [-0.39, 0.29) is 0 Å². The third-order valence-electron chi connectivity index (χ3n) is 2.21. The van der Waals surface area contributed by atoms with Gasteiger partial charge in [-0.3, -0.25) is 4.40 Å². The molecule has 0 radical (unpaired) electrons. The fourth-order valence-corrected chi connectivity index (χ4v) is 1.40. The molecule has 0 aliphatic heterocycles. The van der Waals surface area contributed by atoms with E-state index in [4.69, 9.17) is 9.47 Å². The Morgan fingerprint density at radius 2 is 2.07 bits per heavy atom. The molecule has 0 spiro atoms. The molecule has 80 valence electrons. The number of fused-ring (bicyclic) bond motifs is 1. The van der Waals surface area contributed by atoms with Crippen LogP contribution >= 0.6 is 0 Å². The van der Waals surface area contributed by atoms with E-state index < -0.39 is 0 Å². The number of hydrogen-bond donors (Lipinski definition) is 0. The van der Waals surface area contributed by atoms with Crippen molar-refractivity contribution >= 4 is 5.78 Å². The lowest BCUT2D eigenvalue weighted by Gasteiger charge is -2.04. The van der Waals surface area contributed by atoms with E-state index in [9.17, 15) is 0 Å². The second-order valence-corrected chi connectivity index (χ2v) is 3.10. The van der Waals surface area contributed by atoms with Gasteiger partial charge in [-0.25, -0.2) is 4.98 Å². The highest BCUT2D eigenvalue weighted by atomic mass is 16.5. The molecule has 2 aromatic rings. The van der Waals surface area contributed by atoms with Crippen molar-refractivity contribution in [1.29, 1.82) is 0 Å². The highest BCUT2D eigenvalue weighted by Gasteiger charge is 2.08. The summed E-state index contributed by atoms with van der Waals surface area (Å²) in [6.45, 7) is 2.05. The van der Waals surface area contributed by atoms with Crippen molar-refractivity contribution in [3.05, 3.63) is 18.0 Å². The monoisotopic (exact) mass is 207 g/mol. The number of imidazole rings is 1. The number of aryl methyl sites for hydroxylation is 1. The largest absolute Gasteiger partial charge is 0.482 e. The minimum atomic E-state index is 0.507. The maximum Gasteiger partial charge on any atom is 0.240 e. The van der Waals surface area contributed by atoms with Crippen LogP contribution in [0.1, 0.15) is 12.6 Å². The second kappa shape index (κ2) is 3.76. The molecule has 2 heterocycles. The standard InChI is InChI=1S/C10H13N3O2/c1-4-7-6-13-9(15-3)5-8(14-2)12-10(13)11-7/h5-6H,4H2,1-3H3. The van der Waals surface area contributed by atoms with Crippen LogP contribution in [0.4, 0.5) is 0 Å². The average molecular weight is 207 g/mol. The second-order valence-electron chi connectivity index (χ2n) is 3.10. The van der Waals surface area contributed by atoms with Gasteiger partial charge in [0.1, 0.15) is 0 Å². The zero-order chi connectivity index (χ0) is 10.8. The van der Waals surface area contributed by atoms with Crippen molar-refractivity contribution in [2.75, 3.05) is 14.2 Å². The Bertz CT molecular complexity index is 479. The van der Waals surface area contributed by atoms with Crippen LogP contribution in [0.5, 0.6) is 11.8 Å². The molecule has 0 unspecified atom stereocenters. The Kier molecular flexibility index (Phi) is 2.45. The Morgan fingerprint density at radius 3 is 2.67 bits per heavy atom. The fraction of sp³-hybridized carbons (Fsp3) is 0.400. The molecular weight excluding hydrogens is 194 g/mol. The molecule has 5 nitrogen and oxygen atoms in total. The summed E-state index contributed by atoms with van der Waals surface area (Å²) in [7, 11) is 3.18. The van der Waals surface area contributed by atoms with Crippen molar-refractivity contribution in [2.45, 2.75) is 13.3 Å². The maximum atomic E-state index is 5.23. The summed E-state index contributed by atoms with van der Waals surface area (Å²) in [5.74, 6) is 1.78. The molecule has 0 aliphatic carbocycles. The van der Waals surface area contributed by atoms with Crippen molar-refractivity contribution in [3.63, 3.8) is 0 Å². The molecule has 2 aromatic heterocycles. The molecular formula is C10H13N3O2. The normalized spacial score (nSPS) is 10.6. The van der Waals surface area contributed by atoms with Crippen LogP contribution < -0.4 is 9.47 Å². The lowest BCUT2D eigenvalue weighted by Crippen LogP contribution is -1.97. The summed E-state index contributed by atoms with van der Waals surface area (Å²) in [4.78, 5) is 8.56. The Labute approximate surface area is 87.7 Å². The summed E-state index contributed by atoms with van der Waals surface area (Å²) < 4.78 is 12.1. The van der Waals surface area contributed by atoms with Crippen LogP contribution in [-0.4, -0.2) is 28.6 Å². The topological polar surface area (TPSA) is 48.7 Å². The first-order valence-electron chi connectivity index (χ1n) is 4.75. The summed E-state index contributed by atoms with van der Waals surface area (Å²) in [5.41, 5.74) is 0.981. The molecule has 0 amide bonds. The highest BCUT2D eigenvalue weighted by Crippen LogP contribution is 2.19. The van der Waals surface area contributed by atoms with Gasteiger partial charge in [-0.2, -0.15) is 4.98 Å². The van der Waals surface area contributed by atoms with Gasteiger partial charge in [0.05, 0.1) is 26.0 Å². The Hall–Kier alpha value is -1.78. The highest BCUT2D eigenvalue weighted by molar-refractivity contribution is 5.39. The first-order chi connectivity index (χ1) is 7.28. The third kappa shape index (κ3) is 1.60.